The second-order valence-electron chi connectivity index (χ2n) is 7.53. The zero-order chi connectivity index (χ0) is 26.3. The van der Waals surface area contributed by atoms with Gasteiger partial charge < -0.3 is 19.1 Å². The van der Waals surface area contributed by atoms with Crippen molar-refractivity contribution < 1.29 is 39.7 Å². The van der Waals surface area contributed by atoms with E-state index < -0.39 is 38.6 Å². The molecule has 0 unspecified atom stereocenters. The molecule has 0 aliphatic heterocycles. The standard InChI is InChI=1S/C24H22F4N2O5S/c1-34-14-13-30(23(31)29-22-8-3-2-7-21(22)25)16-17-9-11-19(12-10-17)35-36(32,33)20-6-4-5-18(15-20)24(26,27)28/h2-12,15H,13-14,16H2,1H3,(H,29,31). The third kappa shape index (κ3) is 7.18. The highest BCUT2D eigenvalue weighted by Crippen LogP contribution is 2.31. The van der Waals surface area contributed by atoms with Crippen LogP contribution in [0.3, 0.4) is 0 Å². The van der Waals surface area contributed by atoms with E-state index in [1.807, 2.05) is 0 Å². The number of para-hydroxylation sites is 1. The lowest BCUT2D eigenvalue weighted by molar-refractivity contribution is -0.137. The van der Waals surface area contributed by atoms with Crippen LogP contribution in [0.2, 0.25) is 0 Å². The first-order valence-corrected chi connectivity index (χ1v) is 11.9. The van der Waals surface area contributed by atoms with Gasteiger partial charge in [-0.1, -0.05) is 30.3 Å². The molecule has 192 valence electrons. The van der Waals surface area contributed by atoms with E-state index in [4.69, 9.17) is 8.92 Å². The number of methoxy groups -OCH3 is 1. The van der Waals surface area contributed by atoms with Crippen LogP contribution in [-0.4, -0.2) is 39.6 Å². The Balaban J connectivity index is 1.71. The average Bonchev–Trinajstić information content (AvgIpc) is 2.83. The number of ether oxygens (including phenoxy) is 1. The van der Waals surface area contributed by atoms with E-state index in [0.717, 1.165) is 18.2 Å². The molecule has 3 aromatic rings. The van der Waals surface area contributed by atoms with Gasteiger partial charge in [0.1, 0.15) is 16.5 Å². The fourth-order valence-electron chi connectivity index (χ4n) is 3.08. The predicted octanol–water partition coefficient (Wildman–Crippen LogP) is 5.29. The predicted molar refractivity (Wildman–Crippen MR) is 123 cm³/mol. The van der Waals surface area contributed by atoms with Crippen LogP contribution in [0.4, 0.5) is 28.0 Å². The Morgan fingerprint density at radius 1 is 1.00 bits per heavy atom. The van der Waals surface area contributed by atoms with Gasteiger partial charge in [0.2, 0.25) is 0 Å². The number of hydrogen-bond acceptors (Lipinski definition) is 5. The van der Waals surface area contributed by atoms with Crippen molar-refractivity contribution >= 4 is 21.8 Å². The highest BCUT2D eigenvalue weighted by Gasteiger charge is 2.32. The maximum absolute atomic E-state index is 13.9. The van der Waals surface area contributed by atoms with Gasteiger partial charge in [0.25, 0.3) is 0 Å². The van der Waals surface area contributed by atoms with Gasteiger partial charge in [-0.2, -0.15) is 21.6 Å². The van der Waals surface area contributed by atoms with Crippen molar-refractivity contribution in [3.8, 4) is 5.75 Å². The summed E-state index contributed by atoms with van der Waals surface area (Å²) in [6.45, 7) is 0.463. The number of carbonyl (C=O) groups is 1. The molecule has 0 saturated carbocycles. The number of nitrogens with zero attached hydrogens (tertiary/aromatic N) is 1. The summed E-state index contributed by atoms with van der Waals surface area (Å²) in [6, 6.07) is 13.9. The molecular weight excluding hydrogens is 504 g/mol. The fourth-order valence-corrected chi connectivity index (χ4v) is 4.06. The van der Waals surface area contributed by atoms with Crippen LogP contribution in [0.15, 0.2) is 77.7 Å². The van der Waals surface area contributed by atoms with Crippen LogP contribution in [-0.2, 0) is 27.6 Å². The third-order valence-electron chi connectivity index (χ3n) is 4.92. The number of urea groups is 1. The van der Waals surface area contributed by atoms with E-state index in [1.54, 1.807) is 6.07 Å². The Bertz CT molecular complexity index is 1300. The van der Waals surface area contributed by atoms with Gasteiger partial charge in [-0.3, -0.25) is 0 Å². The normalized spacial score (nSPS) is 11.7. The summed E-state index contributed by atoms with van der Waals surface area (Å²) in [5, 5.41) is 2.49. The Morgan fingerprint density at radius 2 is 1.69 bits per heavy atom. The van der Waals surface area contributed by atoms with Crippen LogP contribution in [0.5, 0.6) is 5.75 Å². The van der Waals surface area contributed by atoms with Crippen molar-refractivity contribution in [1.29, 1.82) is 0 Å². The summed E-state index contributed by atoms with van der Waals surface area (Å²) in [5.41, 5.74) is -0.528. The number of carbonyl (C=O) groups excluding carboxylic acids is 1. The van der Waals surface area contributed by atoms with E-state index in [9.17, 15) is 30.8 Å². The number of rotatable bonds is 9. The minimum Gasteiger partial charge on any atom is -0.383 e. The van der Waals surface area contributed by atoms with Gasteiger partial charge in [0.05, 0.1) is 17.9 Å². The Morgan fingerprint density at radius 3 is 2.33 bits per heavy atom. The van der Waals surface area contributed by atoms with E-state index in [-0.39, 0.29) is 31.1 Å². The maximum Gasteiger partial charge on any atom is 0.416 e. The van der Waals surface area contributed by atoms with Gasteiger partial charge in [-0.15, -0.1) is 0 Å². The smallest absolute Gasteiger partial charge is 0.383 e. The number of benzene rings is 3. The van der Waals surface area contributed by atoms with Crippen molar-refractivity contribution in [2.45, 2.75) is 17.6 Å². The van der Waals surface area contributed by atoms with Crippen molar-refractivity contribution in [2.75, 3.05) is 25.6 Å². The van der Waals surface area contributed by atoms with E-state index in [0.29, 0.717) is 11.6 Å². The van der Waals surface area contributed by atoms with Gasteiger partial charge >= 0.3 is 22.3 Å². The SMILES string of the molecule is COCCN(Cc1ccc(OS(=O)(=O)c2cccc(C(F)(F)F)c2)cc1)C(=O)Nc1ccccc1F. The Labute approximate surface area is 205 Å². The zero-order valence-corrected chi connectivity index (χ0v) is 19.8. The number of hydrogen-bond donors (Lipinski definition) is 1. The van der Waals surface area contributed by atoms with Gasteiger partial charge in [0, 0.05) is 20.2 Å². The van der Waals surface area contributed by atoms with Crippen LogP contribution in [0.25, 0.3) is 0 Å². The molecule has 3 rings (SSSR count). The molecular formula is C24H22F4N2O5S. The number of nitrogens with one attached hydrogen (secondary N) is 1. The second-order valence-corrected chi connectivity index (χ2v) is 9.08. The summed E-state index contributed by atoms with van der Waals surface area (Å²) < 4.78 is 87.5. The molecule has 0 heterocycles. The molecule has 0 saturated heterocycles. The van der Waals surface area contributed by atoms with Gasteiger partial charge in [-0.25, -0.2) is 9.18 Å². The fraction of sp³-hybridized carbons (Fsp3) is 0.208. The van der Waals surface area contributed by atoms with Crippen molar-refractivity contribution in [1.82, 2.24) is 4.90 Å². The number of alkyl halides is 3. The Kier molecular flexibility index (Phi) is 8.53. The minimum absolute atomic E-state index is 0.00784. The highest BCUT2D eigenvalue weighted by molar-refractivity contribution is 7.87. The quantitative estimate of drug-likeness (QED) is 0.303. The summed E-state index contributed by atoms with van der Waals surface area (Å²) in [6.07, 6.45) is -4.71. The molecule has 1 N–H and O–H groups in total. The third-order valence-corrected chi connectivity index (χ3v) is 6.16. The zero-order valence-electron chi connectivity index (χ0n) is 19.0. The number of halogens is 4. The molecule has 0 atom stereocenters. The topological polar surface area (TPSA) is 84.9 Å². The van der Waals surface area contributed by atoms with Gasteiger partial charge in [0.15, 0.2) is 0 Å². The molecule has 0 aliphatic carbocycles. The van der Waals surface area contributed by atoms with Gasteiger partial charge in [-0.05, 0) is 48.0 Å². The lowest BCUT2D eigenvalue weighted by Gasteiger charge is -2.23. The maximum atomic E-state index is 13.9. The van der Waals surface area contributed by atoms with Crippen LogP contribution in [0, 0.1) is 5.82 Å². The lowest BCUT2D eigenvalue weighted by atomic mass is 10.2. The van der Waals surface area contributed by atoms with E-state index in [1.165, 1.54) is 54.5 Å². The molecule has 12 heteroatoms. The summed E-state index contributed by atoms with van der Waals surface area (Å²) >= 11 is 0. The molecule has 0 spiro atoms. The summed E-state index contributed by atoms with van der Waals surface area (Å²) in [4.78, 5) is 13.4. The first-order chi connectivity index (χ1) is 17.0. The summed E-state index contributed by atoms with van der Waals surface area (Å²) in [5.74, 6) is -0.726. The molecule has 0 bridgehead atoms. The van der Waals surface area contributed by atoms with E-state index >= 15 is 0 Å². The molecule has 2 amide bonds. The second kappa shape index (κ2) is 11.4. The van der Waals surface area contributed by atoms with E-state index in [2.05, 4.69) is 5.32 Å². The first kappa shape index (κ1) is 27.0. The molecule has 3 aromatic carbocycles. The summed E-state index contributed by atoms with van der Waals surface area (Å²) in [7, 11) is -3.06. The van der Waals surface area contributed by atoms with Crippen LogP contribution >= 0.6 is 0 Å². The average molecular weight is 527 g/mol. The van der Waals surface area contributed by atoms with Crippen molar-refractivity contribution in [3.63, 3.8) is 0 Å². The van der Waals surface area contributed by atoms with Crippen molar-refractivity contribution in [3.05, 3.63) is 89.7 Å². The highest BCUT2D eigenvalue weighted by atomic mass is 32.2. The Hall–Kier alpha value is -3.64. The lowest BCUT2D eigenvalue weighted by Crippen LogP contribution is -2.37. The largest absolute Gasteiger partial charge is 0.416 e. The molecule has 7 nitrogen and oxygen atoms in total. The monoisotopic (exact) mass is 526 g/mol. The number of anilines is 1. The first-order valence-electron chi connectivity index (χ1n) is 10.5. The molecule has 0 fully saturated rings. The molecule has 0 aromatic heterocycles. The van der Waals surface area contributed by atoms with Crippen molar-refractivity contribution in [2.24, 2.45) is 0 Å². The number of amides is 2. The molecule has 36 heavy (non-hydrogen) atoms. The molecule has 0 radical (unpaired) electrons. The van der Waals surface area contributed by atoms with Crippen LogP contribution in [0.1, 0.15) is 11.1 Å². The molecule has 0 aliphatic rings. The minimum atomic E-state index is -4.71. The van der Waals surface area contributed by atoms with Crippen LogP contribution < -0.4 is 9.50 Å².